The topological polar surface area (TPSA) is 41.4 Å². The van der Waals surface area contributed by atoms with Crippen LogP contribution in [0.5, 0.6) is 0 Å². The second kappa shape index (κ2) is 7.66. The average molecular weight is 446 g/mol. The number of hydrogen-bond donors (Lipinski definition) is 0. The van der Waals surface area contributed by atoms with Crippen LogP contribution in [-0.2, 0) is 13.6 Å². The Morgan fingerprint density at radius 1 is 1.20 bits per heavy atom. The van der Waals surface area contributed by atoms with Crippen LogP contribution in [0.2, 0.25) is 10.0 Å². The normalized spacial score (nSPS) is 15.6. The van der Waals surface area contributed by atoms with Crippen molar-refractivity contribution in [3.63, 3.8) is 0 Å². The molecule has 1 amide bonds. The summed E-state index contributed by atoms with van der Waals surface area (Å²) in [6.45, 7) is 5.48. The van der Waals surface area contributed by atoms with Crippen LogP contribution in [-0.4, -0.2) is 51.7 Å². The maximum Gasteiger partial charge on any atom is 0.275 e. The van der Waals surface area contributed by atoms with Gasteiger partial charge in [-0.3, -0.25) is 14.4 Å². The molecule has 0 N–H and O–H groups in total. The molecule has 0 unspecified atom stereocenters. The molecule has 0 bridgehead atoms. The SMILES string of the molecule is Cc1c(Br)c(C(=O)N2CCN(Cc3c(Cl)cccc3Cl)CC2)nn1C. The van der Waals surface area contributed by atoms with E-state index in [4.69, 9.17) is 23.2 Å². The van der Waals surface area contributed by atoms with Crippen LogP contribution in [0.25, 0.3) is 0 Å². The molecule has 25 heavy (non-hydrogen) atoms. The Kier molecular flexibility index (Phi) is 5.73. The first kappa shape index (κ1) is 18.7. The Labute approximate surface area is 165 Å². The summed E-state index contributed by atoms with van der Waals surface area (Å²) in [5.74, 6) is -0.0361. The number of amides is 1. The molecule has 2 aromatic rings. The summed E-state index contributed by atoms with van der Waals surface area (Å²) >= 11 is 16.0. The molecule has 1 fully saturated rings. The predicted octanol–water partition coefficient (Wildman–Crippen LogP) is 3.76. The van der Waals surface area contributed by atoms with Gasteiger partial charge >= 0.3 is 0 Å². The lowest BCUT2D eigenvalue weighted by molar-refractivity contribution is 0.0621. The molecule has 134 valence electrons. The Bertz CT molecular complexity index is 780. The number of hydrogen-bond acceptors (Lipinski definition) is 3. The van der Waals surface area contributed by atoms with Crippen molar-refractivity contribution < 1.29 is 4.79 Å². The smallest absolute Gasteiger partial charge is 0.275 e. The molecule has 1 saturated heterocycles. The van der Waals surface area contributed by atoms with Gasteiger partial charge in [0.25, 0.3) is 5.91 Å². The zero-order chi connectivity index (χ0) is 18.1. The van der Waals surface area contributed by atoms with Crippen molar-refractivity contribution in [1.82, 2.24) is 19.6 Å². The number of halogens is 3. The first-order chi connectivity index (χ1) is 11.9. The minimum Gasteiger partial charge on any atom is -0.335 e. The van der Waals surface area contributed by atoms with Gasteiger partial charge in [-0.15, -0.1) is 0 Å². The third-order valence-corrected chi connectivity index (χ3v) is 6.22. The molecule has 3 rings (SSSR count). The fourth-order valence-electron chi connectivity index (χ4n) is 2.88. The molecule has 0 spiro atoms. The number of carbonyl (C=O) groups is 1. The predicted molar refractivity (Wildman–Crippen MR) is 103 cm³/mol. The monoisotopic (exact) mass is 444 g/mol. The average Bonchev–Trinajstić information content (AvgIpc) is 2.86. The lowest BCUT2D eigenvalue weighted by Crippen LogP contribution is -2.48. The van der Waals surface area contributed by atoms with E-state index in [9.17, 15) is 4.79 Å². The summed E-state index contributed by atoms with van der Waals surface area (Å²) in [4.78, 5) is 16.8. The summed E-state index contributed by atoms with van der Waals surface area (Å²) < 4.78 is 2.48. The van der Waals surface area contributed by atoms with E-state index in [0.717, 1.165) is 28.8 Å². The third-order valence-electron chi connectivity index (χ3n) is 4.57. The van der Waals surface area contributed by atoms with Crippen molar-refractivity contribution in [2.24, 2.45) is 7.05 Å². The van der Waals surface area contributed by atoms with E-state index in [-0.39, 0.29) is 5.91 Å². The van der Waals surface area contributed by atoms with E-state index >= 15 is 0 Å². The first-order valence-corrected chi connectivity index (χ1v) is 9.57. The van der Waals surface area contributed by atoms with Crippen molar-refractivity contribution in [3.8, 4) is 0 Å². The van der Waals surface area contributed by atoms with Crippen molar-refractivity contribution in [1.29, 1.82) is 0 Å². The molecule has 1 aromatic carbocycles. The maximum atomic E-state index is 12.7. The van der Waals surface area contributed by atoms with E-state index in [2.05, 4.69) is 25.9 Å². The Hall–Kier alpha value is -1.08. The zero-order valence-electron chi connectivity index (χ0n) is 14.1. The molecule has 1 aliphatic rings. The van der Waals surface area contributed by atoms with Crippen LogP contribution in [0.1, 0.15) is 21.7 Å². The van der Waals surface area contributed by atoms with Gasteiger partial charge in [-0.1, -0.05) is 29.3 Å². The van der Waals surface area contributed by atoms with Gasteiger partial charge in [-0.25, -0.2) is 0 Å². The minimum atomic E-state index is -0.0361. The van der Waals surface area contributed by atoms with Crippen LogP contribution in [0.3, 0.4) is 0 Å². The quantitative estimate of drug-likeness (QED) is 0.722. The van der Waals surface area contributed by atoms with Gasteiger partial charge in [-0.05, 0) is 35.0 Å². The fraction of sp³-hybridized carbons (Fsp3) is 0.412. The Morgan fingerprint density at radius 3 is 2.32 bits per heavy atom. The highest BCUT2D eigenvalue weighted by atomic mass is 79.9. The van der Waals surface area contributed by atoms with E-state index in [1.54, 1.807) is 4.68 Å². The van der Waals surface area contributed by atoms with Gasteiger partial charge in [-0.2, -0.15) is 5.10 Å². The highest BCUT2D eigenvalue weighted by Gasteiger charge is 2.27. The molecule has 8 heteroatoms. The number of carbonyl (C=O) groups excluding carboxylic acids is 1. The third kappa shape index (κ3) is 3.87. The first-order valence-electron chi connectivity index (χ1n) is 8.02. The summed E-state index contributed by atoms with van der Waals surface area (Å²) in [6.07, 6.45) is 0. The van der Waals surface area contributed by atoms with Crippen molar-refractivity contribution >= 4 is 45.0 Å². The fourth-order valence-corrected chi connectivity index (χ4v) is 3.91. The van der Waals surface area contributed by atoms with Crippen LogP contribution in [0.15, 0.2) is 22.7 Å². The van der Waals surface area contributed by atoms with Gasteiger partial charge in [0.2, 0.25) is 0 Å². The summed E-state index contributed by atoms with van der Waals surface area (Å²) in [5, 5.41) is 5.68. The molecule has 0 radical (unpaired) electrons. The van der Waals surface area contributed by atoms with E-state index in [0.29, 0.717) is 35.4 Å². The Balaban J connectivity index is 1.64. The molecule has 1 aromatic heterocycles. The largest absolute Gasteiger partial charge is 0.335 e. The van der Waals surface area contributed by atoms with E-state index < -0.39 is 0 Å². The minimum absolute atomic E-state index is 0.0361. The maximum absolute atomic E-state index is 12.7. The second-order valence-electron chi connectivity index (χ2n) is 6.14. The summed E-state index contributed by atoms with van der Waals surface area (Å²) in [7, 11) is 1.84. The molecule has 0 aliphatic carbocycles. The lowest BCUT2D eigenvalue weighted by atomic mass is 10.2. The molecule has 2 heterocycles. The summed E-state index contributed by atoms with van der Waals surface area (Å²) in [6, 6.07) is 5.55. The van der Waals surface area contributed by atoms with Crippen molar-refractivity contribution in [2.75, 3.05) is 26.2 Å². The number of nitrogens with zero attached hydrogens (tertiary/aromatic N) is 4. The second-order valence-corrected chi connectivity index (χ2v) is 7.75. The lowest BCUT2D eigenvalue weighted by Gasteiger charge is -2.34. The number of piperazine rings is 1. The number of aromatic nitrogens is 2. The highest BCUT2D eigenvalue weighted by molar-refractivity contribution is 9.10. The number of aryl methyl sites for hydroxylation is 1. The molecule has 0 atom stereocenters. The van der Waals surface area contributed by atoms with Crippen LogP contribution >= 0.6 is 39.1 Å². The van der Waals surface area contributed by atoms with E-state index in [1.807, 2.05) is 37.1 Å². The molecular formula is C17H19BrCl2N4O. The van der Waals surface area contributed by atoms with E-state index in [1.165, 1.54) is 0 Å². The zero-order valence-corrected chi connectivity index (χ0v) is 17.2. The van der Waals surface area contributed by atoms with Crippen molar-refractivity contribution in [2.45, 2.75) is 13.5 Å². The van der Waals surface area contributed by atoms with Gasteiger partial charge in [0, 0.05) is 55.4 Å². The highest BCUT2D eigenvalue weighted by Crippen LogP contribution is 2.26. The molecule has 5 nitrogen and oxygen atoms in total. The molecule has 1 aliphatic heterocycles. The van der Waals surface area contributed by atoms with Crippen LogP contribution < -0.4 is 0 Å². The summed E-state index contributed by atoms with van der Waals surface area (Å²) in [5.41, 5.74) is 2.35. The standard InChI is InChI=1S/C17H19BrCl2N4O/c1-11-15(18)16(21-22(11)2)17(25)24-8-6-23(7-9-24)10-12-13(19)4-3-5-14(12)20/h3-5H,6-10H2,1-2H3. The Morgan fingerprint density at radius 2 is 1.80 bits per heavy atom. The number of rotatable bonds is 3. The van der Waals surface area contributed by atoms with Gasteiger partial charge < -0.3 is 4.90 Å². The van der Waals surface area contributed by atoms with Crippen molar-refractivity contribution in [3.05, 3.63) is 49.7 Å². The molecule has 0 saturated carbocycles. The van der Waals surface area contributed by atoms with Gasteiger partial charge in [0.05, 0.1) is 10.2 Å². The van der Waals surface area contributed by atoms with Gasteiger partial charge in [0.1, 0.15) is 0 Å². The van der Waals surface area contributed by atoms with Gasteiger partial charge in [0.15, 0.2) is 5.69 Å². The van der Waals surface area contributed by atoms with Crippen LogP contribution in [0.4, 0.5) is 0 Å². The molecular weight excluding hydrogens is 427 g/mol. The number of benzene rings is 1. The van der Waals surface area contributed by atoms with Crippen LogP contribution in [0, 0.1) is 6.92 Å².